The molecule has 8 heteroatoms. The molecule has 1 aromatic carbocycles. The Bertz CT molecular complexity index is 666. The predicted octanol–water partition coefficient (Wildman–Crippen LogP) is 2.74. The highest BCUT2D eigenvalue weighted by molar-refractivity contribution is 8.00. The molecule has 0 unspecified atom stereocenters. The lowest BCUT2D eigenvalue weighted by atomic mass is 9.97. The number of aromatic nitrogens is 4. The summed E-state index contributed by atoms with van der Waals surface area (Å²) in [5.74, 6) is 0.973. The molecule has 1 aromatic heterocycles. The van der Waals surface area contributed by atoms with Gasteiger partial charge in [-0.25, -0.2) is 0 Å². The van der Waals surface area contributed by atoms with E-state index in [0.29, 0.717) is 17.4 Å². The van der Waals surface area contributed by atoms with Crippen molar-refractivity contribution in [3.8, 4) is 0 Å². The van der Waals surface area contributed by atoms with E-state index in [1.54, 1.807) is 0 Å². The fourth-order valence-corrected chi connectivity index (χ4v) is 4.01. The lowest BCUT2D eigenvalue weighted by Crippen LogP contribution is -2.42. The molecule has 0 bridgehead atoms. The van der Waals surface area contributed by atoms with E-state index in [4.69, 9.17) is 11.6 Å². The minimum atomic E-state index is -0.182. The van der Waals surface area contributed by atoms with Crippen LogP contribution in [0.3, 0.4) is 0 Å². The lowest BCUT2D eigenvalue weighted by molar-refractivity contribution is -0.131. The van der Waals surface area contributed by atoms with Gasteiger partial charge in [0.15, 0.2) is 5.82 Å². The van der Waals surface area contributed by atoms with Gasteiger partial charge in [-0.2, -0.15) is 5.21 Å². The summed E-state index contributed by atoms with van der Waals surface area (Å²) in [4.78, 5) is 15.6. The summed E-state index contributed by atoms with van der Waals surface area (Å²) < 4.78 is 0. The molecule has 0 saturated carbocycles. The summed E-state index contributed by atoms with van der Waals surface area (Å²) in [5.41, 5.74) is 0. The summed E-state index contributed by atoms with van der Waals surface area (Å²) in [6.07, 6.45) is 1.93. The van der Waals surface area contributed by atoms with Crippen LogP contribution in [-0.4, -0.2) is 49.8 Å². The smallest absolute Gasteiger partial charge is 0.235 e. The second-order valence-electron chi connectivity index (χ2n) is 5.58. The number of nitrogens with zero attached hydrogens (tertiary/aromatic N) is 4. The molecule has 1 N–H and O–H groups in total. The van der Waals surface area contributed by atoms with Gasteiger partial charge in [0.2, 0.25) is 5.91 Å². The first-order valence-corrected chi connectivity index (χ1v) is 8.84. The molecule has 0 spiro atoms. The minimum Gasteiger partial charge on any atom is -0.341 e. The molecule has 3 rings (SSSR count). The van der Waals surface area contributed by atoms with E-state index >= 15 is 0 Å². The average molecular weight is 352 g/mol. The van der Waals surface area contributed by atoms with Crippen LogP contribution in [0.15, 0.2) is 29.2 Å². The normalized spacial score (nSPS) is 19.6. The maximum atomic E-state index is 12.7. The van der Waals surface area contributed by atoms with Crippen molar-refractivity contribution < 1.29 is 4.79 Å². The van der Waals surface area contributed by atoms with Crippen molar-refractivity contribution in [2.45, 2.75) is 35.8 Å². The molecule has 1 saturated heterocycles. The number of H-pyrrole nitrogens is 1. The van der Waals surface area contributed by atoms with Crippen molar-refractivity contribution in [1.82, 2.24) is 25.5 Å². The van der Waals surface area contributed by atoms with Crippen LogP contribution < -0.4 is 0 Å². The zero-order valence-electron chi connectivity index (χ0n) is 12.8. The Kier molecular flexibility index (Phi) is 5.17. The highest BCUT2D eigenvalue weighted by Gasteiger charge is 2.30. The Morgan fingerprint density at radius 1 is 1.48 bits per heavy atom. The third-order valence-corrected chi connectivity index (χ3v) is 5.55. The number of hydrogen-bond donors (Lipinski definition) is 1. The molecule has 0 radical (unpaired) electrons. The maximum absolute atomic E-state index is 12.7. The van der Waals surface area contributed by atoms with Crippen molar-refractivity contribution in [2.24, 2.45) is 0 Å². The van der Waals surface area contributed by atoms with Crippen molar-refractivity contribution in [3.05, 3.63) is 35.1 Å². The Labute approximate surface area is 144 Å². The van der Waals surface area contributed by atoms with Crippen LogP contribution in [0.4, 0.5) is 0 Å². The van der Waals surface area contributed by atoms with Crippen LogP contribution in [0.2, 0.25) is 5.02 Å². The number of carbonyl (C=O) groups excluding carboxylic acids is 1. The number of thioether (sulfide) groups is 1. The second-order valence-corrected chi connectivity index (χ2v) is 7.37. The van der Waals surface area contributed by atoms with Gasteiger partial charge in [-0.15, -0.1) is 22.0 Å². The van der Waals surface area contributed by atoms with Gasteiger partial charge in [0.1, 0.15) is 0 Å². The fourth-order valence-electron chi connectivity index (χ4n) is 2.77. The standard InChI is InChI=1S/C15H18ClN5OS/c1-10(23-13-7-3-2-6-12(13)16)15(22)21-8-4-5-11(9-21)14-17-19-20-18-14/h2-3,6-7,10-11H,4-5,8-9H2,1H3,(H,17,18,19,20)/t10-,11+/m0/s1. The Morgan fingerprint density at radius 3 is 3.04 bits per heavy atom. The van der Waals surface area contributed by atoms with Crippen molar-refractivity contribution in [2.75, 3.05) is 13.1 Å². The molecular weight excluding hydrogens is 334 g/mol. The number of benzene rings is 1. The number of tetrazole rings is 1. The van der Waals surface area contributed by atoms with Gasteiger partial charge in [-0.05, 0) is 31.9 Å². The summed E-state index contributed by atoms with van der Waals surface area (Å²) in [5, 5.41) is 14.7. The minimum absolute atomic E-state index is 0.128. The van der Waals surface area contributed by atoms with E-state index in [-0.39, 0.29) is 17.1 Å². The molecule has 2 aromatic rings. The Balaban J connectivity index is 1.64. The summed E-state index contributed by atoms with van der Waals surface area (Å²) >= 11 is 7.67. The van der Waals surface area contributed by atoms with E-state index < -0.39 is 0 Å². The first kappa shape index (κ1) is 16.3. The molecular formula is C15H18ClN5OS. The molecule has 1 fully saturated rings. The molecule has 1 amide bonds. The number of halogens is 1. The van der Waals surface area contributed by atoms with Crippen LogP contribution >= 0.6 is 23.4 Å². The number of rotatable bonds is 4. The van der Waals surface area contributed by atoms with Gasteiger partial charge in [-0.3, -0.25) is 4.79 Å². The summed E-state index contributed by atoms with van der Waals surface area (Å²) in [6, 6.07) is 7.60. The Hall–Kier alpha value is -1.60. The number of amides is 1. The quantitative estimate of drug-likeness (QED) is 0.857. The zero-order chi connectivity index (χ0) is 16.2. The Morgan fingerprint density at radius 2 is 2.30 bits per heavy atom. The molecule has 2 heterocycles. The van der Waals surface area contributed by atoms with E-state index in [1.165, 1.54) is 11.8 Å². The van der Waals surface area contributed by atoms with E-state index in [9.17, 15) is 4.79 Å². The first-order chi connectivity index (χ1) is 11.1. The largest absolute Gasteiger partial charge is 0.341 e. The fraction of sp³-hybridized carbons (Fsp3) is 0.467. The van der Waals surface area contributed by atoms with Gasteiger partial charge >= 0.3 is 0 Å². The average Bonchev–Trinajstić information content (AvgIpc) is 3.11. The number of carbonyl (C=O) groups is 1. The van der Waals surface area contributed by atoms with Crippen LogP contribution in [0.1, 0.15) is 31.5 Å². The number of piperidine rings is 1. The molecule has 2 atom stereocenters. The monoisotopic (exact) mass is 351 g/mol. The van der Waals surface area contributed by atoms with Crippen LogP contribution in [0.25, 0.3) is 0 Å². The van der Waals surface area contributed by atoms with E-state index in [0.717, 1.165) is 24.3 Å². The molecule has 1 aliphatic heterocycles. The third-order valence-electron chi connectivity index (χ3n) is 3.95. The molecule has 1 aliphatic rings. The van der Waals surface area contributed by atoms with Crippen LogP contribution in [0.5, 0.6) is 0 Å². The number of aromatic amines is 1. The van der Waals surface area contributed by atoms with Gasteiger partial charge < -0.3 is 4.90 Å². The van der Waals surface area contributed by atoms with E-state index in [1.807, 2.05) is 36.1 Å². The number of likely N-dealkylation sites (tertiary alicyclic amines) is 1. The van der Waals surface area contributed by atoms with Crippen molar-refractivity contribution in [3.63, 3.8) is 0 Å². The van der Waals surface area contributed by atoms with Crippen LogP contribution in [-0.2, 0) is 4.79 Å². The van der Waals surface area contributed by atoms with Crippen molar-refractivity contribution >= 4 is 29.3 Å². The zero-order valence-corrected chi connectivity index (χ0v) is 14.3. The molecule has 23 heavy (non-hydrogen) atoms. The number of hydrogen-bond acceptors (Lipinski definition) is 5. The number of nitrogens with one attached hydrogen (secondary N) is 1. The van der Waals surface area contributed by atoms with Crippen LogP contribution in [0, 0.1) is 0 Å². The second kappa shape index (κ2) is 7.31. The summed E-state index contributed by atoms with van der Waals surface area (Å²) in [7, 11) is 0. The first-order valence-electron chi connectivity index (χ1n) is 7.58. The van der Waals surface area contributed by atoms with Gasteiger partial charge in [0.25, 0.3) is 0 Å². The van der Waals surface area contributed by atoms with Gasteiger partial charge in [-0.1, -0.05) is 28.9 Å². The molecule has 122 valence electrons. The maximum Gasteiger partial charge on any atom is 0.235 e. The van der Waals surface area contributed by atoms with E-state index in [2.05, 4.69) is 20.6 Å². The lowest BCUT2D eigenvalue weighted by Gasteiger charge is -2.33. The van der Waals surface area contributed by atoms with Crippen molar-refractivity contribution in [1.29, 1.82) is 0 Å². The predicted molar refractivity (Wildman–Crippen MR) is 89.5 cm³/mol. The SMILES string of the molecule is C[C@H](Sc1ccccc1Cl)C(=O)N1CCC[C@@H](c2nn[nH]n2)C1. The molecule has 0 aliphatic carbocycles. The molecule has 6 nitrogen and oxygen atoms in total. The highest BCUT2D eigenvalue weighted by atomic mass is 35.5. The summed E-state index contributed by atoms with van der Waals surface area (Å²) in [6.45, 7) is 3.35. The van der Waals surface area contributed by atoms with Gasteiger partial charge in [0, 0.05) is 23.9 Å². The third kappa shape index (κ3) is 3.84. The topological polar surface area (TPSA) is 74.8 Å². The highest BCUT2D eigenvalue weighted by Crippen LogP contribution is 2.32. The van der Waals surface area contributed by atoms with Gasteiger partial charge in [0.05, 0.1) is 10.3 Å².